The predicted octanol–water partition coefficient (Wildman–Crippen LogP) is 3.37. The zero-order chi connectivity index (χ0) is 16.9. The molecule has 0 fully saturated rings. The third-order valence-electron chi connectivity index (χ3n) is 3.53. The first kappa shape index (κ1) is 16.1. The number of hydrogen-bond donors (Lipinski definition) is 0. The number of benzene rings is 1. The summed E-state index contributed by atoms with van der Waals surface area (Å²) in [4.78, 5) is 30.6. The number of aryl methyl sites for hydroxylation is 2. The molecule has 2 heterocycles. The Kier molecular flexibility index (Phi) is 4.86. The molecule has 0 aliphatic rings. The summed E-state index contributed by atoms with van der Waals surface area (Å²) in [5.41, 5.74) is 1.54. The smallest absolute Gasteiger partial charge is 0.250 e. The van der Waals surface area contributed by atoms with Crippen molar-refractivity contribution in [1.29, 1.82) is 0 Å². The van der Waals surface area contributed by atoms with Gasteiger partial charge in [0.05, 0.1) is 11.4 Å². The van der Waals surface area contributed by atoms with E-state index < -0.39 is 0 Å². The topological polar surface area (TPSA) is 55.2 Å². The van der Waals surface area contributed by atoms with Crippen molar-refractivity contribution < 1.29 is 4.79 Å². The molecule has 24 heavy (non-hydrogen) atoms. The van der Waals surface area contributed by atoms with Crippen LogP contribution in [0.15, 0.2) is 64.9 Å². The zero-order valence-corrected chi connectivity index (χ0v) is 14.1. The van der Waals surface area contributed by atoms with Crippen LogP contribution in [0.3, 0.4) is 0 Å². The van der Waals surface area contributed by atoms with Crippen LogP contribution in [0.25, 0.3) is 0 Å². The van der Waals surface area contributed by atoms with Crippen molar-refractivity contribution in [1.82, 2.24) is 9.55 Å². The molecule has 0 radical (unpaired) electrons. The highest BCUT2D eigenvalue weighted by atomic mass is 32.1. The summed E-state index contributed by atoms with van der Waals surface area (Å²) in [6, 6.07) is 14.4. The van der Waals surface area contributed by atoms with Crippen molar-refractivity contribution in [2.75, 3.05) is 4.90 Å². The van der Waals surface area contributed by atoms with Crippen LogP contribution in [-0.4, -0.2) is 15.5 Å². The minimum absolute atomic E-state index is 0.0914. The number of aromatic nitrogens is 2. The molecule has 3 rings (SSSR count). The molecule has 0 saturated heterocycles. The number of carbonyl (C=O) groups is 1. The normalized spacial score (nSPS) is 10.5. The molecule has 0 unspecified atom stereocenters. The van der Waals surface area contributed by atoms with Crippen molar-refractivity contribution in [3.05, 3.63) is 76.2 Å². The maximum Gasteiger partial charge on any atom is 0.250 e. The van der Waals surface area contributed by atoms with Crippen LogP contribution in [0.2, 0.25) is 0 Å². The Labute approximate surface area is 143 Å². The first-order chi connectivity index (χ1) is 11.6. The number of nitrogens with zero attached hydrogens (tertiary/aromatic N) is 3. The van der Waals surface area contributed by atoms with Crippen molar-refractivity contribution in [2.45, 2.75) is 19.9 Å². The molecular weight excluding hydrogens is 322 g/mol. The molecular formula is C18H17N3O2S. The Balaban J connectivity index is 1.84. The van der Waals surface area contributed by atoms with Gasteiger partial charge in [0.2, 0.25) is 5.91 Å². The second-order valence-corrected chi connectivity index (χ2v) is 6.15. The number of rotatable bonds is 5. The van der Waals surface area contributed by atoms with Crippen LogP contribution < -0.4 is 10.5 Å². The molecule has 0 bridgehead atoms. The summed E-state index contributed by atoms with van der Waals surface area (Å²) < 4.78 is 1.54. The van der Waals surface area contributed by atoms with Crippen molar-refractivity contribution in [3.8, 4) is 0 Å². The summed E-state index contributed by atoms with van der Waals surface area (Å²) >= 11 is 1.43. The Hall–Kier alpha value is -2.73. The van der Waals surface area contributed by atoms with E-state index in [2.05, 4.69) is 4.98 Å². The molecule has 3 aromatic rings. The summed E-state index contributed by atoms with van der Waals surface area (Å²) in [5.74, 6) is -0.0914. The highest BCUT2D eigenvalue weighted by molar-refractivity contribution is 7.14. The van der Waals surface area contributed by atoms with Crippen LogP contribution in [0.4, 0.5) is 10.8 Å². The fourth-order valence-electron chi connectivity index (χ4n) is 2.36. The van der Waals surface area contributed by atoms with Gasteiger partial charge in [-0.1, -0.05) is 24.3 Å². The predicted molar refractivity (Wildman–Crippen MR) is 95.8 cm³/mol. The highest BCUT2D eigenvalue weighted by Gasteiger charge is 2.20. The maximum atomic E-state index is 12.8. The summed E-state index contributed by atoms with van der Waals surface area (Å²) in [5, 5.41) is 2.56. The van der Waals surface area contributed by atoms with Gasteiger partial charge in [-0.2, -0.15) is 0 Å². The lowest BCUT2D eigenvalue weighted by atomic mass is 10.2. The van der Waals surface area contributed by atoms with E-state index >= 15 is 0 Å². The van der Waals surface area contributed by atoms with E-state index in [1.165, 1.54) is 22.0 Å². The van der Waals surface area contributed by atoms with Gasteiger partial charge in [-0.3, -0.25) is 14.5 Å². The van der Waals surface area contributed by atoms with E-state index in [4.69, 9.17) is 0 Å². The summed E-state index contributed by atoms with van der Waals surface area (Å²) in [7, 11) is 0. The third-order valence-corrected chi connectivity index (χ3v) is 4.47. The molecule has 6 heteroatoms. The van der Waals surface area contributed by atoms with Crippen LogP contribution in [0.1, 0.15) is 12.1 Å². The number of hydrogen-bond acceptors (Lipinski definition) is 4. The Morgan fingerprint density at radius 1 is 1.17 bits per heavy atom. The van der Waals surface area contributed by atoms with E-state index in [0.717, 1.165) is 11.4 Å². The Morgan fingerprint density at radius 2 is 1.92 bits per heavy atom. The average molecular weight is 339 g/mol. The lowest BCUT2D eigenvalue weighted by Gasteiger charge is -2.20. The van der Waals surface area contributed by atoms with Crippen LogP contribution in [0, 0.1) is 6.92 Å². The highest BCUT2D eigenvalue weighted by Crippen LogP contribution is 2.29. The summed E-state index contributed by atoms with van der Waals surface area (Å²) in [6.45, 7) is 2.24. The van der Waals surface area contributed by atoms with Gasteiger partial charge in [0, 0.05) is 30.6 Å². The number of thiazole rings is 1. The second-order valence-electron chi connectivity index (χ2n) is 5.32. The first-order valence-electron chi connectivity index (χ1n) is 7.61. The van der Waals surface area contributed by atoms with Crippen molar-refractivity contribution in [3.63, 3.8) is 0 Å². The van der Waals surface area contributed by atoms with Gasteiger partial charge < -0.3 is 4.57 Å². The Morgan fingerprint density at radius 3 is 2.58 bits per heavy atom. The van der Waals surface area contributed by atoms with Gasteiger partial charge in [0.25, 0.3) is 5.56 Å². The number of amides is 1. The molecule has 0 spiro atoms. The molecule has 0 aliphatic carbocycles. The average Bonchev–Trinajstić information content (AvgIpc) is 3.01. The standard InChI is InChI=1S/C18H17N3O2S/c1-14-13-24-18(19-14)21(15-7-3-2-4-8-15)17(23)10-12-20-11-6-5-9-16(20)22/h2-9,11,13H,10,12H2,1H3. The molecule has 1 amide bonds. The molecule has 0 aliphatic heterocycles. The number of para-hydroxylation sites is 1. The molecule has 0 N–H and O–H groups in total. The van der Waals surface area contributed by atoms with Gasteiger partial charge in [-0.25, -0.2) is 4.98 Å². The largest absolute Gasteiger partial charge is 0.315 e. The van der Waals surface area contributed by atoms with Crippen LogP contribution in [-0.2, 0) is 11.3 Å². The van der Waals surface area contributed by atoms with Crippen molar-refractivity contribution in [2.24, 2.45) is 0 Å². The SMILES string of the molecule is Cc1csc(N(C(=O)CCn2ccccc2=O)c2ccccc2)n1. The van der Waals surface area contributed by atoms with Gasteiger partial charge >= 0.3 is 0 Å². The summed E-state index contributed by atoms with van der Waals surface area (Å²) in [6.07, 6.45) is 1.91. The lowest BCUT2D eigenvalue weighted by Crippen LogP contribution is -2.28. The van der Waals surface area contributed by atoms with Crippen LogP contribution >= 0.6 is 11.3 Å². The minimum Gasteiger partial charge on any atom is -0.315 e. The van der Waals surface area contributed by atoms with Gasteiger partial charge in [-0.15, -0.1) is 11.3 Å². The van der Waals surface area contributed by atoms with Gasteiger partial charge in [0.1, 0.15) is 0 Å². The van der Waals surface area contributed by atoms with E-state index in [0.29, 0.717) is 11.7 Å². The number of pyridine rings is 1. The monoisotopic (exact) mass is 339 g/mol. The van der Waals surface area contributed by atoms with E-state index in [1.807, 2.05) is 42.6 Å². The second kappa shape index (κ2) is 7.23. The maximum absolute atomic E-state index is 12.8. The Bertz CT molecular complexity index is 886. The minimum atomic E-state index is -0.110. The first-order valence-corrected chi connectivity index (χ1v) is 8.49. The van der Waals surface area contributed by atoms with E-state index in [-0.39, 0.29) is 17.9 Å². The fraction of sp³-hybridized carbons (Fsp3) is 0.167. The molecule has 0 atom stereocenters. The molecule has 5 nitrogen and oxygen atoms in total. The fourth-order valence-corrected chi connectivity index (χ4v) is 3.19. The van der Waals surface area contributed by atoms with Gasteiger partial charge in [0.15, 0.2) is 5.13 Å². The van der Waals surface area contributed by atoms with Gasteiger partial charge in [-0.05, 0) is 25.1 Å². The number of anilines is 2. The molecule has 122 valence electrons. The molecule has 0 saturated carbocycles. The van der Waals surface area contributed by atoms with E-state index in [1.54, 1.807) is 23.2 Å². The van der Waals surface area contributed by atoms with E-state index in [9.17, 15) is 9.59 Å². The quantitative estimate of drug-likeness (QED) is 0.716. The third kappa shape index (κ3) is 3.60. The molecule has 2 aromatic heterocycles. The lowest BCUT2D eigenvalue weighted by molar-refractivity contribution is -0.118. The zero-order valence-electron chi connectivity index (χ0n) is 13.3. The molecule has 1 aromatic carbocycles. The van der Waals surface area contributed by atoms with Crippen molar-refractivity contribution >= 4 is 28.1 Å². The number of carbonyl (C=O) groups excluding carboxylic acids is 1. The van der Waals surface area contributed by atoms with Crippen LogP contribution in [0.5, 0.6) is 0 Å².